The molecule has 1 fully saturated rings. The van der Waals surface area contributed by atoms with Gasteiger partial charge in [0, 0.05) is 22.7 Å². The van der Waals surface area contributed by atoms with Crippen LogP contribution in [-0.2, 0) is 9.59 Å². The van der Waals surface area contributed by atoms with Crippen molar-refractivity contribution in [3.63, 3.8) is 0 Å². The molecule has 1 aliphatic heterocycles. The highest BCUT2D eigenvalue weighted by Gasteiger charge is 2.36. The molecule has 1 atom stereocenters. The second-order valence-corrected chi connectivity index (χ2v) is 8.41. The fourth-order valence-electron chi connectivity index (χ4n) is 2.44. The Bertz CT molecular complexity index is 850. The number of benzene rings is 2. The molecular weight excluding hydrogens is 461 g/mol. The van der Waals surface area contributed by atoms with E-state index in [-0.39, 0.29) is 18.2 Å². The fourth-order valence-corrected chi connectivity index (χ4v) is 3.95. The molecule has 0 bridgehead atoms. The van der Waals surface area contributed by atoms with Crippen molar-refractivity contribution in [2.24, 2.45) is 4.99 Å². The predicted molar refractivity (Wildman–Crippen MR) is 115 cm³/mol. The Labute approximate surface area is 170 Å². The van der Waals surface area contributed by atoms with Crippen LogP contribution in [0.1, 0.15) is 12.0 Å². The number of amides is 2. The van der Waals surface area contributed by atoms with Crippen molar-refractivity contribution < 1.29 is 9.59 Å². The number of rotatable bonds is 4. The lowest BCUT2D eigenvalue weighted by Gasteiger charge is -2.09. The number of nitrogens with one attached hydrogen (secondary N) is 1. The van der Waals surface area contributed by atoms with Crippen molar-refractivity contribution in [1.29, 1.82) is 0 Å². The Kier molecular flexibility index (Phi) is 5.98. The van der Waals surface area contributed by atoms with E-state index in [0.29, 0.717) is 5.17 Å². The van der Waals surface area contributed by atoms with Gasteiger partial charge in [0.2, 0.25) is 11.8 Å². The molecule has 1 heterocycles. The zero-order chi connectivity index (χ0) is 18.7. The summed E-state index contributed by atoms with van der Waals surface area (Å²) in [4.78, 5) is 30.8. The molecule has 0 saturated carbocycles. The third-order valence-electron chi connectivity index (χ3n) is 3.90. The minimum Gasteiger partial charge on any atom is -0.326 e. The maximum atomic E-state index is 12.4. The van der Waals surface area contributed by atoms with Gasteiger partial charge < -0.3 is 5.32 Å². The van der Waals surface area contributed by atoms with Crippen LogP contribution in [0.2, 0.25) is 0 Å². The average molecular weight is 479 g/mol. The van der Waals surface area contributed by atoms with E-state index in [0.717, 1.165) is 20.5 Å². The number of hydrogen-bond acceptors (Lipinski definition) is 4. The summed E-state index contributed by atoms with van der Waals surface area (Å²) in [5.41, 5.74) is 2.65. The second-order valence-electron chi connectivity index (χ2n) is 5.99. The summed E-state index contributed by atoms with van der Waals surface area (Å²) in [7, 11) is 1.69. The van der Waals surface area contributed by atoms with Crippen molar-refractivity contribution >= 4 is 62.7 Å². The van der Waals surface area contributed by atoms with Crippen LogP contribution in [0.3, 0.4) is 0 Å². The van der Waals surface area contributed by atoms with Gasteiger partial charge in [-0.3, -0.25) is 14.5 Å². The topological polar surface area (TPSA) is 61.8 Å². The molecule has 0 aliphatic carbocycles. The first-order valence-corrected chi connectivity index (χ1v) is 10.0. The molecule has 0 spiro atoms. The number of halogens is 1. The molecule has 2 aromatic carbocycles. The second kappa shape index (κ2) is 8.22. The number of carbonyl (C=O) groups is 2. The maximum Gasteiger partial charge on any atom is 0.242 e. The molecule has 7 heteroatoms. The monoisotopic (exact) mass is 479 g/mol. The van der Waals surface area contributed by atoms with Crippen LogP contribution in [0.5, 0.6) is 0 Å². The van der Waals surface area contributed by atoms with Crippen molar-refractivity contribution in [2.75, 3.05) is 12.4 Å². The first-order valence-electron chi connectivity index (χ1n) is 8.07. The van der Waals surface area contributed by atoms with Gasteiger partial charge >= 0.3 is 0 Å². The Balaban J connectivity index is 1.65. The van der Waals surface area contributed by atoms with Crippen LogP contribution in [0.4, 0.5) is 11.4 Å². The normalized spacial score (nSPS) is 18.4. The molecule has 1 unspecified atom stereocenters. The lowest BCUT2D eigenvalue weighted by atomic mass is 10.2. The quantitative estimate of drug-likeness (QED) is 0.670. The molecule has 1 aliphatic rings. The van der Waals surface area contributed by atoms with Gasteiger partial charge in [0.25, 0.3) is 0 Å². The number of aryl methyl sites for hydroxylation is 1. The van der Waals surface area contributed by atoms with Crippen LogP contribution in [0.25, 0.3) is 0 Å². The number of carbonyl (C=O) groups excluding carboxylic acids is 2. The summed E-state index contributed by atoms with van der Waals surface area (Å²) < 4.78 is 1.13. The van der Waals surface area contributed by atoms with Crippen LogP contribution >= 0.6 is 34.4 Å². The van der Waals surface area contributed by atoms with Gasteiger partial charge in [-0.2, -0.15) is 0 Å². The molecule has 134 valence electrons. The third-order valence-corrected chi connectivity index (χ3v) is 5.85. The summed E-state index contributed by atoms with van der Waals surface area (Å²) in [5, 5.41) is 3.00. The molecule has 0 aromatic heterocycles. The summed E-state index contributed by atoms with van der Waals surface area (Å²) in [6, 6.07) is 15.3. The maximum absolute atomic E-state index is 12.4. The number of aliphatic imine (C=N–C) groups is 1. The Morgan fingerprint density at radius 3 is 2.50 bits per heavy atom. The van der Waals surface area contributed by atoms with Gasteiger partial charge in [0.05, 0.1) is 5.69 Å². The average Bonchev–Trinajstić information content (AvgIpc) is 2.87. The van der Waals surface area contributed by atoms with Gasteiger partial charge in [-0.25, -0.2) is 4.99 Å². The Morgan fingerprint density at radius 1 is 1.19 bits per heavy atom. The Morgan fingerprint density at radius 2 is 1.85 bits per heavy atom. The largest absolute Gasteiger partial charge is 0.326 e. The van der Waals surface area contributed by atoms with Gasteiger partial charge in [-0.05, 0) is 65.9 Å². The first-order chi connectivity index (χ1) is 12.4. The standard InChI is InChI=1S/C19H18IN3O2S/c1-12-3-7-14(8-4-12)21-17(24)11-16-18(25)23(2)19(26-16)22-15-9-5-13(20)6-10-15/h3-10,16H,11H2,1-2H3,(H,21,24). The van der Waals surface area contributed by atoms with E-state index in [1.807, 2.05) is 55.5 Å². The molecule has 1 N–H and O–H groups in total. The lowest BCUT2D eigenvalue weighted by Crippen LogP contribution is -2.30. The zero-order valence-corrected chi connectivity index (χ0v) is 17.4. The highest BCUT2D eigenvalue weighted by Crippen LogP contribution is 2.31. The molecule has 3 rings (SSSR count). The van der Waals surface area contributed by atoms with Crippen molar-refractivity contribution in [3.8, 4) is 0 Å². The summed E-state index contributed by atoms with van der Waals surface area (Å²) in [6.07, 6.45) is 0.118. The number of anilines is 1. The van der Waals surface area contributed by atoms with Crippen molar-refractivity contribution in [1.82, 2.24) is 4.90 Å². The van der Waals surface area contributed by atoms with Gasteiger partial charge in [0.15, 0.2) is 5.17 Å². The molecular formula is C19H18IN3O2S. The van der Waals surface area contributed by atoms with E-state index in [1.54, 1.807) is 7.05 Å². The minimum atomic E-state index is -0.451. The SMILES string of the molecule is Cc1ccc(NC(=O)CC2SC(=Nc3ccc(I)cc3)N(C)C2=O)cc1. The highest BCUT2D eigenvalue weighted by atomic mass is 127. The van der Waals surface area contributed by atoms with Crippen molar-refractivity contribution in [2.45, 2.75) is 18.6 Å². The number of hydrogen-bond donors (Lipinski definition) is 1. The van der Waals surface area contributed by atoms with Crippen LogP contribution < -0.4 is 5.32 Å². The lowest BCUT2D eigenvalue weighted by molar-refractivity contribution is -0.127. The molecule has 1 saturated heterocycles. The smallest absolute Gasteiger partial charge is 0.242 e. The zero-order valence-electron chi connectivity index (χ0n) is 14.4. The summed E-state index contributed by atoms with van der Waals surface area (Å²) in [6.45, 7) is 1.99. The molecule has 0 radical (unpaired) electrons. The van der Waals surface area contributed by atoms with E-state index in [2.05, 4.69) is 32.9 Å². The summed E-state index contributed by atoms with van der Waals surface area (Å²) >= 11 is 3.56. The molecule has 5 nitrogen and oxygen atoms in total. The number of thioether (sulfide) groups is 1. The minimum absolute atomic E-state index is 0.0988. The third kappa shape index (κ3) is 4.64. The van der Waals surface area contributed by atoms with E-state index < -0.39 is 5.25 Å². The fraction of sp³-hybridized carbons (Fsp3) is 0.211. The summed E-state index contributed by atoms with van der Waals surface area (Å²) in [5.74, 6) is -0.276. The van der Waals surface area contributed by atoms with E-state index >= 15 is 0 Å². The highest BCUT2D eigenvalue weighted by molar-refractivity contribution is 14.1. The number of amidine groups is 1. The van der Waals surface area contributed by atoms with Crippen LogP contribution in [0.15, 0.2) is 53.5 Å². The van der Waals surface area contributed by atoms with E-state index in [9.17, 15) is 9.59 Å². The van der Waals surface area contributed by atoms with Gasteiger partial charge in [-0.15, -0.1) is 0 Å². The van der Waals surface area contributed by atoms with Crippen LogP contribution in [-0.4, -0.2) is 34.2 Å². The molecule has 2 aromatic rings. The van der Waals surface area contributed by atoms with Gasteiger partial charge in [-0.1, -0.05) is 29.5 Å². The van der Waals surface area contributed by atoms with E-state index in [1.165, 1.54) is 16.7 Å². The number of nitrogens with zero attached hydrogens (tertiary/aromatic N) is 2. The van der Waals surface area contributed by atoms with Gasteiger partial charge in [0.1, 0.15) is 5.25 Å². The predicted octanol–water partition coefficient (Wildman–Crippen LogP) is 4.19. The Hall–Kier alpha value is -1.87. The van der Waals surface area contributed by atoms with Crippen LogP contribution in [0, 0.1) is 10.5 Å². The molecule has 26 heavy (non-hydrogen) atoms. The first kappa shape index (κ1) is 18.9. The van der Waals surface area contributed by atoms with E-state index in [4.69, 9.17) is 0 Å². The van der Waals surface area contributed by atoms with Crippen molar-refractivity contribution in [3.05, 3.63) is 57.7 Å². The molecule has 2 amide bonds.